The van der Waals surface area contributed by atoms with Gasteiger partial charge in [0.15, 0.2) is 17.5 Å². The number of hydrogen-bond donors (Lipinski definition) is 0. The van der Waals surface area contributed by atoms with Crippen LogP contribution in [0.1, 0.15) is 81.0 Å². The topological polar surface area (TPSA) is 21.7 Å². The van der Waals surface area contributed by atoms with Crippen LogP contribution in [0.4, 0.5) is 39.5 Å². The van der Waals surface area contributed by atoms with E-state index in [-0.39, 0.29) is 17.9 Å². The zero-order valence-electron chi connectivity index (χ0n) is 30.0. The van der Waals surface area contributed by atoms with E-state index in [2.05, 4.69) is 0 Å². The summed E-state index contributed by atoms with van der Waals surface area (Å²) in [5.41, 5.74) is -4.22. The lowest BCUT2D eigenvalue weighted by atomic mass is 9.59. The standard InChI is InChI=1S/C41H34BF9NO2/c1-39(2,3)23-12-22-20-52-38(21-10-8-7-9-11-21)41(24-13-26(43)18-27(44)14-24,25-15-28(45)19-29(46)16-25)54-42(52,53-37(22)30(17-23)40(4,5)6)31-32(47)34(49)36(51)35(50)33(31)48/h7-19,38H,20H2,1-6H3/q-1/t38-,42?/m1/s1. The second kappa shape index (κ2) is 12.7. The van der Waals surface area contributed by atoms with Gasteiger partial charge in [-0.1, -0.05) is 84.0 Å². The third kappa shape index (κ3) is 5.78. The second-order valence-corrected chi connectivity index (χ2v) is 15.9. The van der Waals surface area contributed by atoms with E-state index in [1.54, 1.807) is 24.3 Å². The van der Waals surface area contributed by atoms with E-state index in [4.69, 9.17) is 9.31 Å². The van der Waals surface area contributed by atoms with E-state index < -0.39 is 98.1 Å². The molecule has 5 aromatic carbocycles. The SMILES string of the molecule is CC(C)(C)c1cc2c(c(C(C)(C)C)c1)O[B-]1(c3c(F)c(F)c(F)c(F)c3F)OC(c3cc(F)cc(F)c3)(c3cc(F)cc(F)c3)[C@@H](c3ccccc3)N1C2. The maximum atomic E-state index is 16.5. The summed E-state index contributed by atoms with van der Waals surface area (Å²) >= 11 is 0. The smallest absolute Gasteiger partial charge is 0.410 e. The molecular weight excluding hydrogens is 720 g/mol. The first kappa shape index (κ1) is 37.6. The minimum Gasteiger partial charge on any atom is -0.676 e. The number of halogens is 9. The first-order valence-corrected chi connectivity index (χ1v) is 17.2. The van der Waals surface area contributed by atoms with Crippen molar-refractivity contribution >= 4 is 12.1 Å². The Morgan fingerprint density at radius 3 is 1.56 bits per heavy atom. The lowest BCUT2D eigenvalue weighted by molar-refractivity contribution is 0.0850. The molecule has 2 aliphatic heterocycles. The normalized spacial score (nSPS) is 19.7. The fourth-order valence-electron chi connectivity index (χ4n) is 7.85. The van der Waals surface area contributed by atoms with Gasteiger partial charge in [0.05, 0.1) is 11.4 Å². The van der Waals surface area contributed by atoms with Crippen LogP contribution in [-0.2, 0) is 27.6 Å². The van der Waals surface area contributed by atoms with Gasteiger partial charge in [-0.3, -0.25) is 0 Å². The van der Waals surface area contributed by atoms with Gasteiger partial charge in [0.25, 0.3) is 0 Å². The Morgan fingerprint density at radius 2 is 1.09 bits per heavy atom. The number of rotatable bonds is 4. The average molecular weight is 755 g/mol. The maximum absolute atomic E-state index is 16.5. The molecule has 7 rings (SSSR count). The molecule has 1 unspecified atom stereocenters. The molecule has 0 spiro atoms. The molecule has 0 saturated carbocycles. The fourth-order valence-corrected chi connectivity index (χ4v) is 7.85. The summed E-state index contributed by atoms with van der Waals surface area (Å²) < 4.78 is 153. The predicted octanol–water partition coefficient (Wildman–Crippen LogP) is 10.3. The van der Waals surface area contributed by atoms with Crippen molar-refractivity contribution in [3.05, 3.63) is 165 Å². The largest absolute Gasteiger partial charge is 0.676 e. The highest BCUT2D eigenvalue weighted by Crippen LogP contribution is 2.59. The minimum atomic E-state index is -4.20. The van der Waals surface area contributed by atoms with Crippen molar-refractivity contribution in [3.63, 3.8) is 0 Å². The van der Waals surface area contributed by atoms with Crippen LogP contribution in [-0.4, -0.2) is 11.5 Å². The van der Waals surface area contributed by atoms with Gasteiger partial charge in [-0.15, -0.1) is 0 Å². The van der Waals surface area contributed by atoms with Gasteiger partial charge < -0.3 is 14.1 Å². The van der Waals surface area contributed by atoms with Crippen LogP contribution < -0.4 is 10.1 Å². The van der Waals surface area contributed by atoms with Crippen LogP contribution >= 0.6 is 0 Å². The monoisotopic (exact) mass is 754 g/mol. The van der Waals surface area contributed by atoms with Crippen LogP contribution in [0.3, 0.4) is 0 Å². The summed E-state index contributed by atoms with van der Waals surface area (Å²) in [5, 5.41) is 0. The highest BCUT2D eigenvalue weighted by Gasteiger charge is 2.64. The Labute approximate surface area is 306 Å². The van der Waals surface area contributed by atoms with Gasteiger partial charge >= 0.3 is 6.69 Å². The zero-order chi connectivity index (χ0) is 39.3. The average Bonchev–Trinajstić information content (AvgIpc) is 3.38. The van der Waals surface area contributed by atoms with Crippen molar-refractivity contribution in [2.75, 3.05) is 0 Å². The maximum Gasteiger partial charge on any atom is 0.410 e. The summed E-state index contributed by atoms with van der Waals surface area (Å²) in [7, 11) is 0. The van der Waals surface area contributed by atoms with Crippen molar-refractivity contribution in [1.29, 1.82) is 0 Å². The van der Waals surface area contributed by atoms with Gasteiger partial charge in [0.1, 0.15) is 34.9 Å². The first-order valence-electron chi connectivity index (χ1n) is 17.2. The van der Waals surface area contributed by atoms with Crippen LogP contribution in [0.15, 0.2) is 78.9 Å². The van der Waals surface area contributed by atoms with E-state index >= 15 is 35.1 Å². The van der Waals surface area contributed by atoms with Crippen molar-refractivity contribution < 1.29 is 48.8 Å². The summed E-state index contributed by atoms with van der Waals surface area (Å²) in [6, 6.07) is 14.2. The van der Waals surface area contributed by atoms with E-state index in [0.717, 1.165) is 29.8 Å². The third-order valence-electron chi connectivity index (χ3n) is 10.3. The molecule has 2 heterocycles. The molecule has 2 atom stereocenters. The lowest BCUT2D eigenvalue weighted by Gasteiger charge is -2.52. The Balaban J connectivity index is 1.70. The molecule has 282 valence electrons. The summed E-state index contributed by atoms with van der Waals surface area (Å²) in [6.45, 7) is 6.82. The Kier molecular flexibility index (Phi) is 8.81. The minimum absolute atomic E-state index is 0.00847. The molecule has 2 aliphatic rings. The molecule has 0 bridgehead atoms. The number of nitrogens with zero attached hydrogens (tertiary/aromatic N) is 1. The van der Waals surface area contributed by atoms with Crippen molar-refractivity contribution in [2.45, 2.75) is 70.6 Å². The quantitative estimate of drug-likeness (QED) is 0.0790. The van der Waals surface area contributed by atoms with Gasteiger partial charge in [-0.05, 0) is 74.9 Å². The molecule has 1 saturated heterocycles. The molecule has 1 fully saturated rings. The molecule has 0 N–H and O–H groups in total. The Bertz CT molecular complexity index is 2200. The summed E-state index contributed by atoms with van der Waals surface area (Å²) in [6.07, 6.45) is 0. The summed E-state index contributed by atoms with van der Waals surface area (Å²) in [4.78, 5) is 1.22. The van der Waals surface area contributed by atoms with Crippen LogP contribution in [0.25, 0.3) is 0 Å². The summed E-state index contributed by atoms with van der Waals surface area (Å²) in [5.74, 6) is -16.3. The van der Waals surface area contributed by atoms with E-state index in [1.165, 1.54) is 16.9 Å². The molecule has 0 aliphatic carbocycles. The molecule has 3 nitrogen and oxygen atoms in total. The Morgan fingerprint density at radius 1 is 0.611 bits per heavy atom. The van der Waals surface area contributed by atoms with Crippen LogP contribution in [0, 0.1) is 52.4 Å². The first-order chi connectivity index (χ1) is 25.2. The van der Waals surface area contributed by atoms with Crippen molar-refractivity contribution in [3.8, 4) is 5.75 Å². The molecule has 5 aromatic rings. The fraction of sp³-hybridized carbons (Fsp3) is 0.268. The molecular formula is C41H34BF9NO2-. The van der Waals surface area contributed by atoms with Crippen LogP contribution in [0.5, 0.6) is 5.75 Å². The van der Waals surface area contributed by atoms with E-state index in [1.807, 2.05) is 47.6 Å². The van der Waals surface area contributed by atoms with Crippen LogP contribution in [0.2, 0.25) is 0 Å². The molecule has 0 aromatic heterocycles. The zero-order valence-corrected chi connectivity index (χ0v) is 30.0. The van der Waals surface area contributed by atoms with Gasteiger partial charge in [0, 0.05) is 23.7 Å². The van der Waals surface area contributed by atoms with Gasteiger partial charge in [-0.25, -0.2) is 39.5 Å². The van der Waals surface area contributed by atoms with Gasteiger partial charge in [-0.2, -0.15) is 0 Å². The second-order valence-electron chi connectivity index (χ2n) is 15.9. The lowest BCUT2D eigenvalue weighted by Crippen LogP contribution is -2.69. The number of benzene rings is 5. The molecule has 54 heavy (non-hydrogen) atoms. The molecule has 0 radical (unpaired) electrons. The van der Waals surface area contributed by atoms with E-state index in [0.29, 0.717) is 23.3 Å². The third-order valence-corrected chi connectivity index (χ3v) is 10.3. The van der Waals surface area contributed by atoms with Crippen molar-refractivity contribution in [1.82, 2.24) is 4.81 Å². The number of fused-ring (bicyclic) bond motifs is 2. The van der Waals surface area contributed by atoms with Gasteiger partial charge in [0.2, 0.25) is 0 Å². The predicted molar refractivity (Wildman–Crippen MR) is 185 cm³/mol. The molecule has 13 heteroatoms. The highest BCUT2D eigenvalue weighted by molar-refractivity contribution is 6.80. The molecule has 0 amide bonds. The highest BCUT2D eigenvalue weighted by atomic mass is 19.2. The van der Waals surface area contributed by atoms with Crippen molar-refractivity contribution in [2.24, 2.45) is 0 Å². The number of hydrogen-bond acceptors (Lipinski definition) is 3. The van der Waals surface area contributed by atoms with E-state index in [9.17, 15) is 4.39 Å². The Hall–Kier alpha value is -4.75.